The van der Waals surface area contributed by atoms with Crippen LogP contribution < -0.4 is 10.0 Å². The van der Waals surface area contributed by atoms with E-state index in [2.05, 4.69) is 21.9 Å². The van der Waals surface area contributed by atoms with E-state index in [0.29, 0.717) is 12.1 Å². The van der Waals surface area contributed by atoms with Gasteiger partial charge in [-0.15, -0.1) is 0 Å². The smallest absolute Gasteiger partial charge is 0.251 e. The Bertz CT molecular complexity index is 940. The highest BCUT2D eigenvalue weighted by molar-refractivity contribution is 7.89. The Balaban J connectivity index is 1.44. The summed E-state index contributed by atoms with van der Waals surface area (Å²) in [4.78, 5) is 15.1. The molecule has 1 fully saturated rings. The van der Waals surface area contributed by atoms with Crippen LogP contribution in [0.15, 0.2) is 59.5 Å². The summed E-state index contributed by atoms with van der Waals surface area (Å²) < 4.78 is 27.8. The number of nitrogens with one attached hydrogen (secondary N) is 2. The molecule has 0 aromatic heterocycles. The van der Waals surface area contributed by atoms with Gasteiger partial charge in [-0.05, 0) is 75.0 Å². The average molecular weight is 444 g/mol. The minimum absolute atomic E-state index is 0.0930. The molecule has 6 nitrogen and oxygen atoms in total. The number of sulfonamides is 1. The molecular formula is C24H33N3O3S. The zero-order valence-electron chi connectivity index (χ0n) is 18.2. The van der Waals surface area contributed by atoms with Crippen molar-refractivity contribution >= 4 is 15.9 Å². The summed E-state index contributed by atoms with van der Waals surface area (Å²) in [6.45, 7) is 6.53. The zero-order valence-corrected chi connectivity index (χ0v) is 19.0. The second kappa shape index (κ2) is 11.4. The summed E-state index contributed by atoms with van der Waals surface area (Å²) in [7, 11) is -3.70. The quantitative estimate of drug-likeness (QED) is 0.552. The Morgan fingerprint density at radius 2 is 1.77 bits per heavy atom. The van der Waals surface area contributed by atoms with Crippen molar-refractivity contribution in [3.05, 3.63) is 65.7 Å². The van der Waals surface area contributed by atoms with Crippen molar-refractivity contribution in [1.82, 2.24) is 14.9 Å². The normalized spacial score (nSPS) is 15.6. The second-order valence-corrected chi connectivity index (χ2v) is 10.1. The SMILES string of the molecule is CC1CCN(CCCCNC(=O)c2cccc(S(=O)(=O)NCc3ccccc3)c2)CC1. The highest BCUT2D eigenvalue weighted by atomic mass is 32.2. The maximum Gasteiger partial charge on any atom is 0.251 e. The lowest BCUT2D eigenvalue weighted by molar-refractivity contribution is 0.0952. The lowest BCUT2D eigenvalue weighted by atomic mass is 9.99. The van der Waals surface area contributed by atoms with Gasteiger partial charge in [-0.3, -0.25) is 4.79 Å². The van der Waals surface area contributed by atoms with Crippen molar-refractivity contribution in [2.45, 2.75) is 44.0 Å². The van der Waals surface area contributed by atoms with Crippen LogP contribution >= 0.6 is 0 Å². The van der Waals surface area contributed by atoms with Gasteiger partial charge < -0.3 is 10.2 Å². The van der Waals surface area contributed by atoms with Crippen molar-refractivity contribution in [2.75, 3.05) is 26.2 Å². The molecule has 0 aliphatic carbocycles. The predicted octanol–water partition coefficient (Wildman–Crippen LogP) is 3.41. The molecule has 1 aliphatic heterocycles. The molecule has 31 heavy (non-hydrogen) atoms. The van der Waals surface area contributed by atoms with Gasteiger partial charge in [0, 0.05) is 18.7 Å². The maximum atomic E-state index is 12.6. The molecule has 7 heteroatoms. The fraction of sp³-hybridized carbons (Fsp3) is 0.458. The van der Waals surface area contributed by atoms with Crippen LogP contribution in [0.4, 0.5) is 0 Å². The zero-order chi connectivity index (χ0) is 22.1. The van der Waals surface area contributed by atoms with Crippen molar-refractivity contribution in [2.24, 2.45) is 5.92 Å². The monoisotopic (exact) mass is 443 g/mol. The first-order valence-electron chi connectivity index (χ1n) is 11.1. The Labute approximate surface area is 186 Å². The van der Waals surface area contributed by atoms with Crippen LogP contribution in [0.25, 0.3) is 0 Å². The summed E-state index contributed by atoms with van der Waals surface area (Å²) in [5.41, 5.74) is 1.23. The summed E-state index contributed by atoms with van der Waals surface area (Å²) in [6.07, 6.45) is 4.51. The molecule has 1 saturated heterocycles. The van der Waals surface area contributed by atoms with Gasteiger partial charge in [0.25, 0.3) is 5.91 Å². The summed E-state index contributed by atoms with van der Waals surface area (Å²) in [5, 5.41) is 2.91. The lowest BCUT2D eigenvalue weighted by Crippen LogP contribution is -2.34. The minimum Gasteiger partial charge on any atom is -0.352 e. The molecule has 2 N–H and O–H groups in total. The fourth-order valence-electron chi connectivity index (χ4n) is 3.71. The van der Waals surface area contributed by atoms with E-state index in [-0.39, 0.29) is 17.3 Å². The van der Waals surface area contributed by atoms with E-state index in [4.69, 9.17) is 0 Å². The molecule has 0 spiro atoms. The third kappa shape index (κ3) is 7.45. The van der Waals surface area contributed by atoms with Gasteiger partial charge in [-0.2, -0.15) is 0 Å². The number of carbonyl (C=O) groups excluding carboxylic acids is 1. The molecule has 0 saturated carbocycles. The number of hydrogen-bond donors (Lipinski definition) is 2. The molecule has 3 rings (SSSR count). The standard InChI is InChI=1S/C24H33N3O3S/c1-20-12-16-27(17-13-20)15-6-5-14-25-24(28)22-10-7-11-23(18-22)31(29,30)26-19-21-8-3-2-4-9-21/h2-4,7-11,18,20,26H,5-6,12-17,19H2,1H3,(H,25,28). The third-order valence-corrected chi connectivity index (χ3v) is 7.18. The van der Waals surface area contributed by atoms with E-state index in [1.54, 1.807) is 12.1 Å². The van der Waals surface area contributed by atoms with Crippen molar-refractivity contribution < 1.29 is 13.2 Å². The molecule has 0 unspecified atom stereocenters. The molecule has 1 heterocycles. The van der Waals surface area contributed by atoms with E-state index >= 15 is 0 Å². The third-order valence-electron chi connectivity index (χ3n) is 5.78. The molecule has 0 atom stereocenters. The van der Waals surface area contributed by atoms with Crippen LogP contribution in [0.1, 0.15) is 48.5 Å². The van der Waals surface area contributed by atoms with Crippen molar-refractivity contribution in [1.29, 1.82) is 0 Å². The summed E-state index contributed by atoms with van der Waals surface area (Å²) >= 11 is 0. The summed E-state index contributed by atoms with van der Waals surface area (Å²) in [6, 6.07) is 15.5. The van der Waals surface area contributed by atoms with Gasteiger partial charge in [0.1, 0.15) is 0 Å². The largest absolute Gasteiger partial charge is 0.352 e. The first-order chi connectivity index (χ1) is 14.9. The molecule has 1 aliphatic rings. The Morgan fingerprint density at radius 1 is 1.03 bits per heavy atom. The average Bonchev–Trinajstić information content (AvgIpc) is 2.79. The van der Waals surface area contributed by atoms with Crippen LogP contribution in [-0.4, -0.2) is 45.4 Å². The maximum absolute atomic E-state index is 12.6. The van der Waals surface area contributed by atoms with Gasteiger partial charge in [-0.25, -0.2) is 13.1 Å². The van der Waals surface area contributed by atoms with E-state index in [1.165, 1.54) is 38.1 Å². The highest BCUT2D eigenvalue weighted by Gasteiger charge is 2.17. The van der Waals surface area contributed by atoms with Crippen LogP contribution in [0.5, 0.6) is 0 Å². The lowest BCUT2D eigenvalue weighted by Gasteiger charge is -2.30. The number of piperidine rings is 1. The van der Waals surface area contributed by atoms with Crippen molar-refractivity contribution in [3.8, 4) is 0 Å². The Kier molecular flexibility index (Phi) is 8.63. The number of carbonyl (C=O) groups is 1. The van der Waals surface area contributed by atoms with E-state index in [9.17, 15) is 13.2 Å². The first-order valence-corrected chi connectivity index (χ1v) is 12.6. The molecule has 0 radical (unpaired) electrons. The van der Waals surface area contributed by atoms with Crippen LogP contribution in [0.3, 0.4) is 0 Å². The molecular weight excluding hydrogens is 410 g/mol. The molecule has 168 valence electrons. The van der Waals surface area contributed by atoms with Gasteiger partial charge in [0.2, 0.25) is 10.0 Å². The van der Waals surface area contributed by atoms with Crippen LogP contribution in [0, 0.1) is 5.92 Å². The van der Waals surface area contributed by atoms with Crippen molar-refractivity contribution in [3.63, 3.8) is 0 Å². The van der Waals surface area contributed by atoms with Gasteiger partial charge >= 0.3 is 0 Å². The number of likely N-dealkylation sites (tertiary alicyclic amines) is 1. The molecule has 0 bridgehead atoms. The predicted molar refractivity (Wildman–Crippen MR) is 123 cm³/mol. The second-order valence-electron chi connectivity index (χ2n) is 8.33. The van der Waals surface area contributed by atoms with E-state index in [0.717, 1.165) is 30.9 Å². The topological polar surface area (TPSA) is 78.5 Å². The number of hydrogen-bond acceptors (Lipinski definition) is 4. The summed E-state index contributed by atoms with van der Waals surface area (Å²) in [5.74, 6) is 0.593. The minimum atomic E-state index is -3.70. The number of unbranched alkanes of at least 4 members (excludes halogenated alkanes) is 1. The number of benzene rings is 2. The number of amides is 1. The van der Waals surface area contributed by atoms with Gasteiger partial charge in [0.05, 0.1) is 4.90 Å². The van der Waals surface area contributed by atoms with E-state index < -0.39 is 10.0 Å². The number of rotatable bonds is 10. The Morgan fingerprint density at radius 3 is 2.52 bits per heavy atom. The Hall–Kier alpha value is -2.22. The van der Waals surface area contributed by atoms with Gasteiger partial charge in [0.15, 0.2) is 0 Å². The molecule has 1 amide bonds. The number of nitrogens with zero attached hydrogens (tertiary/aromatic N) is 1. The van der Waals surface area contributed by atoms with Crippen LogP contribution in [0.2, 0.25) is 0 Å². The van der Waals surface area contributed by atoms with Crippen LogP contribution in [-0.2, 0) is 16.6 Å². The fourth-order valence-corrected chi connectivity index (χ4v) is 4.78. The van der Waals surface area contributed by atoms with Gasteiger partial charge in [-0.1, -0.05) is 43.3 Å². The highest BCUT2D eigenvalue weighted by Crippen LogP contribution is 2.16. The van der Waals surface area contributed by atoms with E-state index in [1.807, 2.05) is 30.3 Å². The molecule has 2 aromatic carbocycles. The molecule has 2 aromatic rings. The first kappa shape index (κ1) is 23.4.